The Bertz CT molecular complexity index is 352. The quantitative estimate of drug-likeness (QED) is 0.771. The van der Waals surface area contributed by atoms with E-state index in [-0.39, 0.29) is 12.1 Å². The van der Waals surface area contributed by atoms with Gasteiger partial charge < -0.3 is 14.8 Å². The SMILES string of the molecule is CCCn1ncc(OC)c1C(NC)C(C)OCC. The molecule has 0 amide bonds. The van der Waals surface area contributed by atoms with Crippen molar-refractivity contribution in [2.75, 3.05) is 20.8 Å². The lowest BCUT2D eigenvalue weighted by molar-refractivity contribution is 0.0462. The molecular weight excluding hydrogens is 230 g/mol. The molecule has 1 N–H and O–H groups in total. The first-order valence-electron chi connectivity index (χ1n) is 6.58. The fourth-order valence-corrected chi connectivity index (χ4v) is 2.19. The second-order valence-electron chi connectivity index (χ2n) is 4.25. The smallest absolute Gasteiger partial charge is 0.161 e. The Balaban J connectivity index is 3.04. The lowest BCUT2D eigenvalue weighted by Gasteiger charge is -2.25. The van der Waals surface area contributed by atoms with E-state index in [4.69, 9.17) is 9.47 Å². The van der Waals surface area contributed by atoms with Gasteiger partial charge in [-0.2, -0.15) is 5.10 Å². The van der Waals surface area contributed by atoms with E-state index in [1.54, 1.807) is 13.3 Å². The minimum absolute atomic E-state index is 0.0706. The topological polar surface area (TPSA) is 48.3 Å². The molecule has 1 aromatic rings. The molecule has 0 bridgehead atoms. The molecule has 1 aromatic heterocycles. The van der Waals surface area contributed by atoms with Gasteiger partial charge in [0.25, 0.3) is 0 Å². The van der Waals surface area contributed by atoms with Crippen LogP contribution in [0.25, 0.3) is 0 Å². The van der Waals surface area contributed by atoms with Crippen molar-refractivity contribution in [1.82, 2.24) is 15.1 Å². The molecule has 2 atom stereocenters. The van der Waals surface area contributed by atoms with Gasteiger partial charge in [0, 0.05) is 13.2 Å². The van der Waals surface area contributed by atoms with Gasteiger partial charge in [-0.05, 0) is 27.3 Å². The average molecular weight is 255 g/mol. The Kier molecular flexibility index (Phi) is 6.15. The summed E-state index contributed by atoms with van der Waals surface area (Å²) in [5.41, 5.74) is 1.06. The van der Waals surface area contributed by atoms with Gasteiger partial charge in [0.05, 0.1) is 31.1 Å². The van der Waals surface area contributed by atoms with Crippen LogP contribution in [0.4, 0.5) is 0 Å². The normalized spacial score (nSPS) is 14.5. The van der Waals surface area contributed by atoms with Gasteiger partial charge in [-0.15, -0.1) is 0 Å². The molecule has 0 spiro atoms. The van der Waals surface area contributed by atoms with Crippen LogP contribution in [-0.2, 0) is 11.3 Å². The maximum absolute atomic E-state index is 5.69. The predicted octanol–water partition coefficient (Wildman–Crippen LogP) is 1.99. The summed E-state index contributed by atoms with van der Waals surface area (Å²) in [5.74, 6) is 0.814. The monoisotopic (exact) mass is 255 g/mol. The van der Waals surface area contributed by atoms with Gasteiger partial charge in [-0.25, -0.2) is 0 Å². The first-order chi connectivity index (χ1) is 8.69. The second kappa shape index (κ2) is 7.38. The molecule has 0 aliphatic carbocycles. The van der Waals surface area contributed by atoms with Crippen molar-refractivity contribution < 1.29 is 9.47 Å². The molecule has 104 valence electrons. The predicted molar refractivity (Wildman–Crippen MR) is 72.0 cm³/mol. The van der Waals surface area contributed by atoms with E-state index >= 15 is 0 Å². The average Bonchev–Trinajstić information content (AvgIpc) is 2.74. The maximum atomic E-state index is 5.69. The van der Waals surface area contributed by atoms with Crippen molar-refractivity contribution in [2.45, 2.75) is 45.9 Å². The van der Waals surface area contributed by atoms with Crippen molar-refractivity contribution in [1.29, 1.82) is 0 Å². The lowest BCUT2D eigenvalue weighted by Crippen LogP contribution is -2.32. The lowest BCUT2D eigenvalue weighted by atomic mass is 10.1. The molecule has 0 aliphatic heterocycles. The molecule has 0 fully saturated rings. The zero-order chi connectivity index (χ0) is 13.5. The minimum Gasteiger partial charge on any atom is -0.493 e. The van der Waals surface area contributed by atoms with E-state index in [9.17, 15) is 0 Å². The van der Waals surface area contributed by atoms with Crippen molar-refractivity contribution in [3.63, 3.8) is 0 Å². The number of hydrogen-bond donors (Lipinski definition) is 1. The third-order valence-electron chi connectivity index (χ3n) is 3.00. The highest BCUT2D eigenvalue weighted by Gasteiger charge is 2.25. The highest BCUT2D eigenvalue weighted by molar-refractivity contribution is 5.29. The summed E-state index contributed by atoms with van der Waals surface area (Å²) in [6.07, 6.45) is 2.88. The Morgan fingerprint density at radius 2 is 2.17 bits per heavy atom. The Morgan fingerprint density at radius 1 is 1.44 bits per heavy atom. The van der Waals surface area contributed by atoms with E-state index in [2.05, 4.69) is 24.3 Å². The van der Waals surface area contributed by atoms with Crippen molar-refractivity contribution in [3.05, 3.63) is 11.9 Å². The largest absolute Gasteiger partial charge is 0.493 e. The summed E-state index contributed by atoms with van der Waals surface area (Å²) >= 11 is 0. The molecular formula is C13H25N3O2. The molecule has 0 saturated heterocycles. The number of methoxy groups -OCH3 is 1. The van der Waals surface area contributed by atoms with Gasteiger partial charge in [0.2, 0.25) is 0 Å². The summed E-state index contributed by atoms with van der Waals surface area (Å²) in [7, 11) is 3.61. The molecule has 0 radical (unpaired) electrons. The van der Waals surface area contributed by atoms with Crippen molar-refractivity contribution >= 4 is 0 Å². The number of nitrogens with zero attached hydrogens (tertiary/aromatic N) is 2. The Hall–Kier alpha value is -1.07. The van der Waals surface area contributed by atoms with Crippen LogP contribution in [-0.4, -0.2) is 36.6 Å². The van der Waals surface area contributed by atoms with Gasteiger partial charge in [-0.1, -0.05) is 6.92 Å². The van der Waals surface area contributed by atoms with E-state index < -0.39 is 0 Å². The second-order valence-corrected chi connectivity index (χ2v) is 4.25. The van der Waals surface area contributed by atoms with Crippen molar-refractivity contribution in [3.8, 4) is 5.75 Å². The van der Waals surface area contributed by atoms with Crippen LogP contribution < -0.4 is 10.1 Å². The minimum atomic E-state index is 0.0706. The number of ether oxygens (including phenoxy) is 2. The summed E-state index contributed by atoms with van der Waals surface area (Å²) < 4.78 is 13.1. The van der Waals surface area contributed by atoms with Gasteiger partial charge in [0.15, 0.2) is 5.75 Å². The number of rotatable bonds is 8. The van der Waals surface area contributed by atoms with E-state index in [0.29, 0.717) is 6.61 Å². The molecule has 0 saturated carbocycles. The standard InChI is InChI=1S/C13H25N3O2/c1-6-8-16-13(11(17-5)9-15-16)12(14-4)10(3)18-7-2/h9-10,12,14H,6-8H2,1-5H3. The fraction of sp³-hybridized carbons (Fsp3) is 0.769. The number of nitrogens with one attached hydrogen (secondary N) is 1. The first-order valence-corrected chi connectivity index (χ1v) is 6.58. The molecule has 0 aromatic carbocycles. The Labute approximate surface area is 109 Å². The van der Waals surface area contributed by atoms with E-state index in [1.807, 2.05) is 18.7 Å². The summed E-state index contributed by atoms with van der Waals surface area (Å²) in [5, 5.41) is 7.68. The molecule has 18 heavy (non-hydrogen) atoms. The zero-order valence-electron chi connectivity index (χ0n) is 12.1. The summed E-state index contributed by atoms with van der Waals surface area (Å²) in [6, 6.07) is 0.0777. The summed E-state index contributed by atoms with van der Waals surface area (Å²) in [4.78, 5) is 0. The van der Waals surface area contributed by atoms with Crippen LogP contribution in [0.5, 0.6) is 5.75 Å². The van der Waals surface area contributed by atoms with Gasteiger partial charge in [0.1, 0.15) is 0 Å². The maximum Gasteiger partial charge on any atom is 0.161 e. The highest BCUT2D eigenvalue weighted by atomic mass is 16.5. The summed E-state index contributed by atoms with van der Waals surface area (Å²) in [6.45, 7) is 7.79. The highest BCUT2D eigenvalue weighted by Crippen LogP contribution is 2.28. The number of hydrogen-bond acceptors (Lipinski definition) is 4. The van der Waals surface area contributed by atoms with Crippen LogP contribution in [0.15, 0.2) is 6.20 Å². The van der Waals surface area contributed by atoms with Gasteiger partial charge in [-0.3, -0.25) is 4.68 Å². The first kappa shape index (κ1) is 15.0. The molecule has 2 unspecified atom stereocenters. The Morgan fingerprint density at radius 3 is 2.67 bits per heavy atom. The molecule has 0 aliphatic rings. The van der Waals surface area contributed by atoms with E-state index in [0.717, 1.165) is 24.4 Å². The molecule has 5 nitrogen and oxygen atoms in total. The van der Waals surface area contributed by atoms with Crippen LogP contribution >= 0.6 is 0 Å². The number of aryl methyl sites for hydroxylation is 1. The van der Waals surface area contributed by atoms with Gasteiger partial charge >= 0.3 is 0 Å². The van der Waals surface area contributed by atoms with Crippen LogP contribution in [0.1, 0.15) is 38.9 Å². The zero-order valence-corrected chi connectivity index (χ0v) is 12.1. The fourth-order valence-electron chi connectivity index (χ4n) is 2.19. The van der Waals surface area contributed by atoms with Crippen LogP contribution in [0.2, 0.25) is 0 Å². The van der Waals surface area contributed by atoms with E-state index in [1.165, 1.54) is 0 Å². The van der Waals surface area contributed by atoms with Crippen molar-refractivity contribution in [2.24, 2.45) is 0 Å². The molecule has 1 rings (SSSR count). The molecule has 5 heteroatoms. The third-order valence-corrected chi connectivity index (χ3v) is 3.00. The number of likely N-dealkylation sites (N-methyl/N-ethyl adjacent to an activating group) is 1. The van der Waals surface area contributed by atoms with Crippen LogP contribution in [0, 0.1) is 0 Å². The van der Waals surface area contributed by atoms with Crippen LogP contribution in [0.3, 0.4) is 0 Å². The third kappa shape index (κ3) is 3.23. The number of aromatic nitrogens is 2. The molecule has 1 heterocycles.